The average molecular weight is 677 g/mol. The molecular formula is C43H56N4O3. The molecule has 50 heavy (non-hydrogen) atoms. The lowest BCUT2D eigenvalue weighted by Gasteiger charge is -2.18. The van der Waals surface area contributed by atoms with E-state index < -0.39 is 6.10 Å². The van der Waals surface area contributed by atoms with Crippen molar-refractivity contribution in [3.63, 3.8) is 0 Å². The topological polar surface area (TPSA) is 104 Å². The summed E-state index contributed by atoms with van der Waals surface area (Å²) >= 11 is 0. The number of esters is 1. The van der Waals surface area contributed by atoms with Crippen molar-refractivity contribution in [1.82, 2.24) is 19.9 Å². The molecule has 0 spiro atoms. The molecule has 0 saturated carbocycles. The van der Waals surface area contributed by atoms with E-state index >= 15 is 0 Å². The number of unbranched alkanes of at least 4 members (excludes halogenated alkanes) is 6. The van der Waals surface area contributed by atoms with Gasteiger partial charge >= 0.3 is 5.97 Å². The zero-order valence-corrected chi connectivity index (χ0v) is 31.5. The van der Waals surface area contributed by atoms with Crippen LogP contribution < -0.4 is 0 Å². The number of carbonyl (C=O) groups excluding carboxylic acids is 1. The minimum absolute atomic E-state index is 0.0413. The van der Waals surface area contributed by atoms with E-state index in [1.54, 1.807) is 0 Å². The third kappa shape index (κ3) is 7.76. The van der Waals surface area contributed by atoms with Gasteiger partial charge < -0.3 is 19.8 Å². The number of aliphatic hydroxyl groups excluding tert-OH is 1. The number of aliphatic hydroxyl groups is 1. The summed E-state index contributed by atoms with van der Waals surface area (Å²) in [6.45, 7) is 17.3. The number of nitrogens with one attached hydrogen (secondary N) is 2. The Labute approximate surface area is 298 Å². The van der Waals surface area contributed by atoms with Gasteiger partial charge in [-0.3, -0.25) is 9.78 Å². The highest BCUT2D eigenvalue weighted by atomic mass is 16.5. The molecule has 0 aliphatic carbocycles. The van der Waals surface area contributed by atoms with Crippen LogP contribution >= 0.6 is 0 Å². The molecule has 0 amide bonds. The third-order valence-electron chi connectivity index (χ3n) is 10.9. The van der Waals surface area contributed by atoms with Crippen LogP contribution in [0.2, 0.25) is 0 Å². The van der Waals surface area contributed by atoms with Crippen molar-refractivity contribution in [2.45, 2.75) is 138 Å². The Morgan fingerprint density at radius 2 is 1.58 bits per heavy atom. The summed E-state index contributed by atoms with van der Waals surface area (Å²) in [5.74, 6) is 2.66. The van der Waals surface area contributed by atoms with Crippen LogP contribution in [0.25, 0.3) is 33.2 Å². The monoisotopic (exact) mass is 676 g/mol. The van der Waals surface area contributed by atoms with Crippen molar-refractivity contribution in [1.29, 1.82) is 0 Å². The highest BCUT2D eigenvalue weighted by molar-refractivity contribution is 5.94. The van der Waals surface area contributed by atoms with Crippen molar-refractivity contribution < 1.29 is 14.6 Å². The van der Waals surface area contributed by atoms with Crippen LogP contribution in [0.1, 0.15) is 148 Å². The number of ether oxygens (including phenoxy) is 1. The second-order valence-corrected chi connectivity index (χ2v) is 14.4. The molecule has 1 unspecified atom stereocenters. The van der Waals surface area contributed by atoms with Crippen LogP contribution in [-0.4, -0.2) is 43.7 Å². The molecule has 3 aromatic rings. The summed E-state index contributed by atoms with van der Waals surface area (Å²) in [7, 11) is 0. The van der Waals surface area contributed by atoms with Gasteiger partial charge in [0.05, 0.1) is 24.1 Å². The van der Waals surface area contributed by atoms with E-state index in [0.717, 1.165) is 118 Å². The molecule has 7 nitrogen and oxygen atoms in total. The van der Waals surface area contributed by atoms with Gasteiger partial charge in [-0.05, 0) is 119 Å². The number of carbonyl (C=O) groups is 1. The average Bonchev–Trinajstić information content (AvgIpc) is 3.80. The van der Waals surface area contributed by atoms with Crippen molar-refractivity contribution in [2.24, 2.45) is 0 Å². The SMILES string of the molecule is C#CCCCCCCCCOC(=O)CC[C@@H]1c2nc(c(C)c3nc(cc4[nH]c(cc5[nH]c(cc5C)c2C)c(CC)c4C)C(C(C)O)=C3C)[C@H]1C. The van der Waals surface area contributed by atoms with Crippen molar-refractivity contribution in [3.8, 4) is 12.3 Å². The van der Waals surface area contributed by atoms with Gasteiger partial charge in [-0.1, -0.05) is 39.5 Å². The summed E-state index contributed by atoms with van der Waals surface area (Å²) in [6, 6.07) is 6.49. The van der Waals surface area contributed by atoms with Gasteiger partial charge in [0, 0.05) is 63.7 Å². The molecule has 5 heterocycles. The molecule has 5 rings (SSSR count). The first-order chi connectivity index (χ1) is 24.0. The van der Waals surface area contributed by atoms with E-state index in [0.29, 0.717) is 19.4 Å². The molecule has 0 saturated heterocycles. The molecule has 3 N–H and O–H groups in total. The molecule has 2 aliphatic heterocycles. The molecule has 3 atom stereocenters. The molecule has 0 fully saturated rings. The Morgan fingerprint density at radius 3 is 2.28 bits per heavy atom. The smallest absolute Gasteiger partial charge is 0.305 e. The van der Waals surface area contributed by atoms with E-state index in [9.17, 15) is 9.90 Å². The van der Waals surface area contributed by atoms with E-state index in [4.69, 9.17) is 21.1 Å². The maximum Gasteiger partial charge on any atom is 0.305 e. The van der Waals surface area contributed by atoms with E-state index in [1.807, 2.05) is 6.92 Å². The standard InChI is InChI=1S/C43H56N4O3/c1-10-12-13-14-15-16-17-18-21-50-39(49)20-19-33-27(5)41-30(8)42-29(7)40(31(9)48)38(46-42)24-36-26(4)32(11-2)37(45-36)23-34-25(3)22-35(44-34)28(6)43(33)47-41/h1,22-24,27,31,33,44-45,48H,11-21H2,2-9H3/t27-,31?,33-/m0/s1. The fourth-order valence-corrected chi connectivity index (χ4v) is 7.94. The molecule has 2 aliphatic rings. The number of allylic oxidation sites excluding steroid dienone is 1. The molecule has 0 aromatic carbocycles. The molecule has 266 valence electrons. The summed E-state index contributed by atoms with van der Waals surface area (Å²) in [6.07, 6.45) is 13.9. The fourth-order valence-electron chi connectivity index (χ4n) is 7.94. The number of nitrogens with zero attached hydrogens (tertiary/aromatic N) is 2. The van der Waals surface area contributed by atoms with Gasteiger partial charge in [0.15, 0.2) is 0 Å². The van der Waals surface area contributed by atoms with Crippen LogP contribution in [0.4, 0.5) is 0 Å². The minimum atomic E-state index is -0.678. The number of hydrogen-bond acceptors (Lipinski definition) is 5. The number of aromatic nitrogens is 4. The highest BCUT2D eigenvalue weighted by Crippen LogP contribution is 2.44. The summed E-state index contributed by atoms with van der Waals surface area (Å²) in [5, 5.41) is 11.0. The van der Waals surface area contributed by atoms with E-state index in [1.165, 1.54) is 17.5 Å². The molecular weight excluding hydrogens is 620 g/mol. The number of hydrogen-bond donors (Lipinski definition) is 3. The Balaban J connectivity index is 1.54. The summed E-state index contributed by atoms with van der Waals surface area (Å²) in [4.78, 5) is 30.9. The van der Waals surface area contributed by atoms with Gasteiger partial charge in [0.1, 0.15) is 0 Å². The third-order valence-corrected chi connectivity index (χ3v) is 10.9. The predicted octanol–water partition coefficient (Wildman–Crippen LogP) is 10.00. The van der Waals surface area contributed by atoms with Crippen LogP contribution in [0.5, 0.6) is 0 Å². The van der Waals surface area contributed by atoms with E-state index in [-0.39, 0.29) is 17.8 Å². The zero-order valence-electron chi connectivity index (χ0n) is 31.5. The van der Waals surface area contributed by atoms with Crippen LogP contribution in [0.15, 0.2) is 18.2 Å². The Morgan fingerprint density at radius 1 is 0.900 bits per heavy atom. The van der Waals surface area contributed by atoms with Gasteiger partial charge in [0.2, 0.25) is 0 Å². The number of terminal acetylenes is 1. The number of fused-ring (bicyclic) bond motifs is 8. The molecule has 0 radical (unpaired) electrons. The normalized spacial score (nSPS) is 16.5. The van der Waals surface area contributed by atoms with Crippen LogP contribution in [0, 0.1) is 40.0 Å². The van der Waals surface area contributed by atoms with Gasteiger partial charge in [-0.25, -0.2) is 4.98 Å². The highest BCUT2D eigenvalue weighted by Gasteiger charge is 2.33. The molecule has 3 aromatic heterocycles. The second kappa shape index (κ2) is 16.2. The lowest BCUT2D eigenvalue weighted by molar-refractivity contribution is -0.144. The van der Waals surface area contributed by atoms with Gasteiger partial charge in [0.25, 0.3) is 0 Å². The minimum Gasteiger partial charge on any atom is -0.466 e. The number of aromatic amines is 2. The maximum atomic E-state index is 13.0. The van der Waals surface area contributed by atoms with Gasteiger partial charge in [-0.2, -0.15) is 0 Å². The molecule has 7 heteroatoms. The summed E-state index contributed by atoms with van der Waals surface area (Å²) in [5.41, 5.74) is 15.3. The number of aryl methyl sites for hydroxylation is 4. The lowest BCUT2D eigenvalue weighted by Crippen LogP contribution is -2.11. The number of rotatable bonds is 13. The Bertz CT molecular complexity index is 1970. The Kier molecular flexibility index (Phi) is 12.1. The van der Waals surface area contributed by atoms with Crippen molar-refractivity contribution in [3.05, 3.63) is 68.8 Å². The fraction of sp³-hybridized carbons (Fsp3) is 0.512. The second-order valence-electron chi connectivity index (χ2n) is 14.4. The zero-order chi connectivity index (χ0) is 36.1. The first-order valence-electron chi connectivity index (χ1n) is 18.7. The predicted molar refractivity (Wildman–Crippen MR) is 206 cm³/mol. The largest absolute Gasteiger partial charge is 0.466 e. The van der Waals surface area contributed by atoms with Crippen LogP contribution in [-0.2, 0) is 16.0 Å². The Hall–Kier alpha value is -4.15. The van der Waals surface area contributed by atoms with Crippen molar-refractivity contribution in [2.75, 3.05) is 6.61 Å². The summed E-state index contributed by atoms with van der Waals surface area (Å²) < 4.78 is 5.69. The maximum absolute atomic E-state index is 13.0. The van der Waals surface area contributed by atoms with E-state index in [2.05, 4.69) is 82.6 Å². The molecule has 8 bridgehead atoms. The number of H-pyrrole nitrogens is 2. The van der Waals surface area contributed by atoms with Crippen LogP contribution in [0.3, 0.4) is 0 Å². The quantitative estimate of drug-likeness (QED) is 0.0950. The first-order valence-corrected chi connectivity index (χ1v) is 18.7. The van der Waals surface area contributed by atoms with Crippen molar-refractivity contribution >= 4 is 39.2 Å². The van der Waals surface area contributed by atoms with Gasteiger partial charge in [-0.15, -0.1) is 12.3 Å². The lowest BCUT2D eigenvalue weighted by atomic mass is 9.84. The first kappa shape index (κ1) is 37.1.